The van der Waals surface area contributed by atoms with Crippen molar-refractivity contribution in [3.05, 3.63) is 35.9 Å². The molecule has 136 valence electrons. The minimum Gasteiger partial charge on any atom is -0.456 e. The fraction of sp³-hybridized carbons (Fsp3) is 0.412. The molecule has 8 nitrogen and oxygen atoms in total. The van der Waals surface area contributed by atoms with Gasteiger partial charge in [0.2, 0.25) is 11.8 Å². The lowest BCUT2D eigenvalue weighted by Gasteiger charge is -2.17. The first-order valence-corrected chi connectivity index (χ1v) is 7.74. The molecule has 0 radical (unpaired) electrons. The molecule has 1 atom stereocenters. The molecule has 2 N–H and O–H groups in total. The van der Waals surface area contributed by atoms with Gasteiger partial charge < -0.3 is 20.3 Å². The maximum atomic E-state index is 11.9. The van der Waals surface area contributed by atoms with Crippen LogP contribution >= 0.6 is 0 Å². The van der Waals surface area contributed by atoms with E-state index in [1.54, 1.807) is 38.4 Å². The lowest BCUT2D eigenvalue weighted by molar-refractivity contribution is -0.149. The number of likely N-dealkylation sites (N-methyl/N-ethyl adjacent to an activating group) is 1. The summed E-state index contributed by atoms with van der Waals surface area (Å²) in [7, 11) is 3.14. The van der Waals surface area contributed by atoms with Crippen LogP contribution in [-0.2, 0) is 23.9 Å². The Labute approximate surface area is 146 Å². The Hall–Kier alpha value is -2.90. The second kappa shape index (κ2) is 10.1. The third-order valence-corrected chi connectivity index (χ3v) is 3.25. The molecule has 0 heterocycles. The van der Waals surface area contributed by atoms with Gasteiger partial charge in [-0.3, -0.25) is 19.2 Å². The Balaban J connectivity index is 2.48. The molecule has 0 aliphatic rings. The topological polar surface area (TPSA) is 105 Å². The molecule has 0 bridgehead atoms. The van der Waals surface area contributed by atoms with Gasteiger partial charge in [-0.05, 0) is 5.56 Å². The molecule has 1 rings (SSSR count). The molecule has 8 heteroatoms. The van der Waals surface area contributed by atoms with Crippen molar-refractivity contribution in [2.45, 2.75) is 19.4 Å². The molecule has 0 aromatic heterocycles. The van der Waals surface area contributed by atoms with E-state index in [9.17, 15) is 19.2 Å². The number of esters is 1. The van der Waals surface area contributed by atoms with Gasteiger partial charge in [0.1, 0.15) is 0 Å². The third-order valence-electron chi connectivity index (χ3n) is 3.25. The molecule has 1 aromatic rings. The average Bonchev–Trinajstić information content (AvgIpc) is 2.57. The van der Waals surface area contributed by atoms with Gasteiger partial charge in [-0.25, -0.2) is 0 Å². The lowest BCUT2D eigenvalue weighted by Crippen LogP contribution is -2.38. The standard InChI is InChI=1S/C17H23N3O5/c1-12(21)19-14(13-7-5-4-6-8-13)9-17(24)25-11-15(22)18-10-16(23)20(2)3/h4-8,14H,9-11H2,1-3H3,(H,18,22)(H,19,21)/t14-/m1/s1. The highest BCUT2D eigenvalue weighted by Gasteiger charge is 2.18. The zero-order chi connectivity index (χ0) is 18.8. The number of hydrogen-bond donors (Lipinski definition) is 2. The molecule has 0 aliphatic heterocycles. The Morgan fingerprint density at radius 2 is 1.76 bits per heavy atom. The number of carbonyl (C=O) groups excluding carboxylic acids is 4. The molecule has 1 aromatic carbocycles. The number of carbonyl (C=O) groups is 4. The molecule has 0 saturated carbocycles. The maximum Gasteiger partial charge on any atom is 0.308 e. The molecule has 0 saturated heterocycles. The smallest absolute Gasteiger partial charge is 0.308 e. The van der Waals surface area contributed by atoms with Crippen LogP contribution in [0.1, 0.15) is 24.9 Å². The summed E-state index contributed by atoms with van der Waals surface area (Å²) in [6.07, 6.45) is -0.104. The van der Waals surface area contributed by atoms with E-state index >= 15 is 0 Å². The zero-order valence-electron chi connectivity index (χ0n) is 14.6. The number of amides is 3. The van der Waals surface area contributed by atoms with Gasteiger partial charge >= 0.3 is 5.97 Å². The highest BCUT2D eigenvalue weighted by Crippen LogP contribution is 2.17. The largest absolute Gasteiger partial charge is 0.456 e. The summed E-state index contributed by atoms with van der Waals surface area (Å²) in [4.78, 5) is 47.5. The summed E-state index contributed by atoms with van der Waals surface area (Å²) < 4.78 is 4.90. The molecule has 0 aliphatic carbocycles. The van der Waals surface area contributed by atoms with Crippen molar-refractivity contribution < 1.29 is 23.9 Å². The van der Waals surface area contributed by atoms with E-state index in [2.05, 4.69) is 10.6 Å². The van der Waals surface area contributed by atoms with Crippen LogP contribution in [-0.4, -0.2) is 55.8 Å². The zero-order valence-corrected chi connectivity index (χ0v) is 14.6. The van der Waals surface area contributed by atoms with E-state index in [4.69, 9.17) is 4.74 Å². The van der Waals surface area contributed by atoms with Gasteiger partial charge in [-0.2, -0.15) is 0 Å². The van der Waals surface area contributed by atoms with Crippen molar-refractivity contribution >= 4 is 23.7 Å². The summed E-state index contributed by atoms with van der Waals surface area (Å²) in [5, 5.41) is 5.04. The van der Waals surface area contributed by atoms with Crippen LogP contribution in [0.5, 0.6) is 0 Å². The molecule has 0 spiro atoms. The molecule has 3 amide bonds. The maximum absolute atomic E-state index is 11.9. The van der Waals surface area contributed by atoms with E-state index in [1.165, 1.54) is 11.8 Å². The number of nitrogens with zero attached hydrogens (tertiary/aromatic N) is 1. The van der Waals surface area contributed by atoms with Crippen LogP contribution in [0.15, 0.2) is 30.3 Å². The van der Waals surface area contributed by atoms with Gasteiger partial charge in [0.05, 0.1) is 19.0 Å². The summed E-state index contributed by atoms with van der Waals surface area (Å²) in [5.41, 5.74) is 0.760. The van der Waals surface area contributed by atoms with Crippen LogP contribution in [0, 0.1) is 0 Å². The van der Waals surface area contributed by atoms with Gasteiger partial charge in [0.25, 0.3) is 5.91 Å². The van der Waals surface area contributed by atoms with E-state index in [0.717, 1.165) is 5.56 Å². The molecule has 25 heavy (non-hydrogen) atoms. The summed E-state index contributed by atoms with van der Waals surface area (Å²) in [6, 6.07) is 8.45. The quantitative estimate of drug-likeness (QED) is 0.643. The van der Waals surface area contributed by atoms with Gasteiger partial charge in [-0.15, -0.1) is 0 Å². The van der Waals surface area contributed by atoms with E-state index in [-0.39, 0.29) is 24.8 Å². The second-order valence-corrected chi connectivity index (χ2v) is 5.59. The first-order valence-electron chi connectivity index (χ1n) is 7.74. The van der Waals surface area contributed by atoms with Crippen molar-refractivity contribution in [1.29, 1.82) is 0 Å². The minimum absolute atomic E-state index is 0.104. The third kappa shape index (κ3) is 7.96. The monoisotopic (exact) mass is 349 g/mol. The Morgan fingerprint density at radius 1 is 1.12 bits per heavy atom. The van der Waals surface area contributed by atoms with Crippen molar-refractivity contribution in [3.8, 4) is 0 Å². The predicted molar refractivity (Wildman–Crippen MR) is 90.3 cm³/mol. The SMILES string of the molecule is CC(=O)N[C@H](CC(=O)OCC(=O)NCC(=O)N(C)C)c1ccccc1. The fourth-order valence-electron chi connectivity index (χ4n) is 1.94. The van der Waals surface area contributed by atoms with Crippen molar-refractivity contribution in [1.82, 2.24) is 15.5 Å². The van der Waals surface area contributed by atoms with Crippen molar-refractivity contribution in [2.24, 2.45) is 0 Å². The number of ether oxygens (including phenoxy) is 1. The number of hydrogen-bond acceptors (Lipinski definition) is 5. The Bertz CT molecular complexity index is 616. The number of rotatable bonds is 8. The van der Waals surface area contributed by atoms with Gasteiger partial charge in [0.15, 0.2) is 6.61 Å². The summed E-state index contributed by atoms with van der Waals surface area (Å²) in [5.74, 6) is -1.74. The minimum atomic E-state index is -0.628. The van der Waals surface area contributed by atoms with Crippen LogP contribution in [0.25, 0.3) is 0 Å². The first-order chi connectivity index (χ1) is 11.8. The normalized spacial score (nSPS) is 11.2. The average molecular weight is 349 g/mol. The number of nitrogens with one attached hydrogen (secondary N) is 2. The molecule has 0 unspecified atom stereocenters. The molecular weight excluding hydrogens is 326 g/mol. The van der Waals surface area contributed by atoms with Crippen LogP contribution in [0.4, 0.5) is 0 Å². The first kappa shape index (κ1) is 20.1. The summed E-state index contributed by atoms with van der Waals surface area (Å²) in [6.45, 7) is 0.708. The Kier molecular flexibility index (Phi) is 8.11. The van der Waals surface area contributed by atoms with Crippen molar-refractivity contribution in [2.75, 3.05) is 27.2 Å². The van der Waals surface area contributed by atoms with Crippen LogP contribution in [0.2, 0.25) is 0 Å². The predicted octanol–water partition coefficient (Wildman–Crippen LogP) is 0.00150. The highest BCUT2D eigenvalue weighted by molar-refractivity contribution is 5.86. The molecular formula is C17H23N3O5. The molecule has 0 fully saturated rings. The summed E-state index contributed by atoms with van der Waals surface area (Å²) >= 11 is 0. The Morgan fingerprint density at radius 3 is 2.32 bits per heavy atom. The van der Waals surface area contributed by atoms with Crippen LogP contribution < -0.4 is 10.6 Å². The van der Waals surface area contributed by atoms with Crippen LogP contribution in [0.3, 0.4) is 0 Å². The van der Waals surface area contributed by atoms with E-state index < -0.39 is 24.5 Å². The lowest BCUT2D eigenvalue weighted by atomic mass is 10.0. The highest BCUT2D eigenvalue weighted by atomic mass is 16.5. The van der Waals surface area contributed by atoms with Gasteiger partial charge in [0, 0.05) is 21.0 Å². The van der Waals surface area contributed by atoms with E-state index in [1.807, 2.05) is 6.07 Å². The second-order valence-electron chi connectivity index (χ2n) is 5.59. The number of benzene rings is 1. The van der Waals surface area contributed by atoms with Crippen molar-refractivity contribution in [3.63, 3.8) is 0 Å². The fourth-order valence-corrected chi connectivity index (χ4v) is 1.94. The van der Waals surface area contributed by atoms with E-state index in [0.29, 0.717) is 0 Å². The van der Waals surface area contributed by atoms with Gasteiger partial charge in [-0.1, -0.05) is 30.3 Å².